The fourth-order valence-corrected chi connectivity index (χ4v) is 4.17. The molecule has 35 heavy (non-hydrogen) atoms. The van der Waals surface area contributed by atoms with Gasteiger partial charge in [0.05, 0.1) is 12.6 Å². The van der Waals surface area contributed by atoms with Gasteiger partial charge in [0.2, 0.25) is 5.95 Å². The van der Waals surface area contributed by atoms with Crippen molar-refractivity contribution in [1.82, 2.24) is 24.8 Å². The van der Waals surface area contributed by atoms with Gasteiger partial charge in [0.15, 0.2) is 0 Å². The molecule has 10 nitrogen and oxygen atoms in total. The Balaban J connectivity index is 1.42. The number of aromatic nitrogens is 4. The highest BCUT2D eigenvalue weighted by molar-refractivity contribution is 6.31. The van der Waals surface area contributed by atoms with Crippen LogP contribution >= 0.6 is 11.6 Å². The van der Waals surface area contributed by atoms with Gasteiger partial charge in [-0.05, 0) is 43.4 Å². The van der Waals surface area contributed by atoms with Crippen molar-refractivity contribution in [2.75, 3.05) is 18.5 Å². The van der Waals surface area contributed by atoms with Gasteiger partial charge in [-0.1, -0.05) is 23.7 Å². The number of nitrogens with one attached hydrogen (secondary N) is 2. The Kier molecular flexibility index (Phi) is 7.94. The van der Waals surface area contributed by atoms with E-state index in [1.807, 2.05) is 13.0 Å². The number of aryl methyl sites for hydroxylation is 1. The number of halogens is 1. The molecule has 0 saturated carbocycles. The van der Waals surface area contributed by atoms with Crippen molar-refractivity contribution < 1.29 is 19.4 Å². The molecular formula is C24H27ClN6O4. The first-order valence-corrected chi connectivity index (χ1v) is 11.8. The number of amides is 1. The summed E-state index contributed by atoms with van der Waals surface area (Å²) in [5.41, 5.74) is 2.77. The molecule has 1 aromatic carbocycles. The van der Waals surface area contributed by atoms with Crippen LogP contribution in [0.1, 0.15) is 46.4 Å². The van der Waals surface area contributed by atoms with Gasteiger partial charge in [0.1, 0.15) is 17.8 Å². The molecule has 1 amide bonds. The summed E-state index contributed by atoms with van der Waals surface area (Å²) >= 11 is 6.33. The lowest BCUT2D eigenvalue weighted by Crippen LogP contribution is -2.24. The zero-order chi connectivity index (χ0) is 24.8. The van der Waals surface area contributed by atoms with Gasteiger partial charge in [-0.2, -0.15) is 4.98 Å². The standard InChI is InChI=1S/C24H27ClN6O4/c1-15-10-27-24(29-17-8-9-35-13-17)30-22(15)31-12-20(28-14-31)23(34)26-11-16-4-2-6-19(25)18(16)5-3-7-21(32)33/h2,4,6,10,12,14,17H,3,5,7-9,11,13H2,1H3,(H,26,34)(H,32,33)(H,27,29,30)/t17-/m0/s1. The van der Waals surface area contributed by atoms with Crippen LogP contribution in [0.3, 0.4) is 0 Å². The molecule has 3 aromatic rings. The van der Waals surface area contributed by atoms with Crippen LogP contribution in [-0.2, 0) is 22.5 Å². The highest BCUT2D eigenvalue weighted by Gasteiger charge is 2.18. The normalized spacial score (nSPS) is 15.2. The highest BCUT2D eigenvalue weighted by atomic mass is 35.5. The van der Waals surface area contributed by atoms with Gasteiger partial charge in [-0.15, -0.1) is 0 Å². The maximum atomic E-state index is 12.8. The Hall–Kier alpha value is -3.50. The number of carboxylic acid groups (broad SMARTS) is 1. The number of aliphatic carboxylic acids is 1. The average molecular weight is 499 g/mol. The number of hydrogen-bond donors (Lipinski definition) is 3. The number of rotatable bonds is 10. The second-order valence-electron chi connectivity index (χ2n) is 8.38. The molecule has 0 radical (unpaired) electrons. The van der Waals surface area contributed by atoms with E-state index < -0.39 is 5.97 Å². The monoisotopic (exact) mass is 498 g/mol. The SMILES string of the molecule is Cc1cnc(N[C@H]2CCOC2)nc1-n1cnc(C(=O)NCc2cccc(Cl)c2CCCC(=O)O)c1. The second-order valence-corrected chi connectivity index (χ2v) is 8.79. The number of anilines is 1. The molecule has 1 saturated heterocycles. The molecule has 0 spiro atoms. The van der Waals surface area contributed by atoms with E-state index in [4.69, 9.17) is 21.4 Å². The van der Waals surface area contributed by atoms with Crippen molar-refractivity contribution in [2.24, 2.45) is 0 Å². The number of carbonyl (C=O) groups excluding carboxylic acids is 1. The third kappa shape index (κ3) is 6.34. The minimum atomic E-state index is -0.850. The van der Waals surface area contributed by atoms with E-state index in [9.17, 15) is 9.59 Å². The Bertz CT molecular complexity index is 1210. The van der Waals surface area contributed by atoms with E-state index in [2.05, 4.69) is 25.6 Å². The zero-order valence-electron chi connectivity index (χ0n) is 19.3. The Labute approximate surface area is 207 Å². The van der Waals surface area contributed by atoms with E-state index in [0.29, 0.717) is 36.2 Å². The summed E-state index contributed by atoms with van der Waals surface area (Å²) in [6, 6.07) is 5.61. The molecule has 184 valence electrons. The minimum absolute atomic E-state index is 0.0581. The van der Waals surface area contributed by atoms with E-state index in [-0.39, 0.29) is 30.6 Å². The van der Waals surface area contributed by atoms with Crippen molar-refractivity contribution in [3.05, 3.63) is 64.3 Å². The number of ether oxygens (including phenoxy) is 1. The van der Waals surface area contributed by atoms with E-state index in [1.165, 1.54) is 0 Å². The number of carbonyl (C=O) groups is 2. The van der Waals surface area contributed by atoms with Crippen molar-refractivity contribution in [3.8, 4) is 5.82 Å². The fourth-order valence-electron chi connectivity index (χ4n) is 3.88. The van der Waals surface area contributed by atoms with Crippen LogP contribution in [0.15, 0.2) is 36.9 Å². The lowest BCUT2D eigenvalue weighted by molar-refractivity contribution is -0.137. The molecule has 4 rings (SSSR count). The Morgan fingerprint density at radius 1 is 1.31 bits per heavy atom. The Morgan fingerprint density at radius 2 is 2.17 bits per heavy atom. The third-order valence-electron chi connectivity index (χ3n) is 5.74. The maximum Gasteiger partial charge on any atom is 0.303 e. The summed E-state index contributed by atoms with van der Waals surface area (Å²) in [6.07, 6.45) is 6.83. The summed E-state index contributed by atoms with van der Waals surface area (Å²) in [7, 11) is 0. The molecule has 0 unspecified atom stereocenters. The summed E-state index contributed by atoms with van der Waals surface area (Å²) in [6.45, 7) is 3.48. The first-order chi connectivity index (χ1) is 16.9. The minimum Gasteiger partial charge on any atom is -0.481 e. The van der Waals surface area contributed by atoms with Crippen LogP contribution in [-0.4, -0.2) is 55.8 Å². The van der Waals surface area contributed by atoms with Crippen molar-refractivity contribution in [2.45, 2.75) is 45.2 Å². The first-order valence-electron chi connectivity index (χ1n) is 11.4. The summed E-state index contributed by atoms with van der Waals surface area (Å²) < 4.78 is 7.08. The predicted octanol–water partition coefficient (Wildman–Crippen LogP) is 3.16. The largest absolute Gasteiger partial charge is 0.481 e. The predicted molar refractivity (Wildman–Crippen MR) is 130 cm³/mol. The molecule has 1 fully saturated rings. The topological polar surface area (TPSA) is 131 Å². The van der Waals surface area contributed by atoms with Crippen molar-refractivity contribution >= 4 is 29.4 Å². The quantitative estimate of drug-likeness (QED) is 0.388. The lowest BCUT2D eigenvalue weighted by atomic mass is 10.0. The van der Waals surface area contributed by atoms with Crippen LogP contribution in [0, 0.1) is 6.92 Å². The number of imidazole rings is 1. The number of carboxylic acids is 1. The second kappa shape index (κ2) is 11.3. The highest BCUT2D eigenvalue weighted by Crippen LogP contribution is 2.22. The molecular weight excluding hydrogens is 472 g/mol. The maximum absolute atomic E-state index is 12.8. The van der Waals surface area contributed by atoms with Crippen LogP contribution in [0.5, 0.6) is 0 Å². The molecule has 2 aromatic heterocycles. The summed E-state index contributed by atoms with van der Waals surface area (Å²) in [5, 5.41) is 15.6. The first kappa shape index (κ1) is 24.6. The van der Waals surface area contributed by atoms with Gasteiger partial charge in [0, 0.05) is 42.6 Å². The molecule has 3 heterocycles. The molecule has 0 aliphatic carbocycles. The number of nitrogens with zero attached hydrogens (tertiary/aromatic N) is 4. The molecule has 3 N–H and O–H groups in total. The van der Waals surface area contributed by atoms with Gasteiger partial charge in [0.25, 0.3) is 5.91 Å². The number of hydrogen-bond acceptors (Lipinski definition) is 7. The van der Waals surface area contributed by atoms with Crippen molar-refractivity contribution in [3.63, 3.8) is 0 Å². The summed E-state index contributed by atoms with van der Waals surface area (Å²) in [4.78, 5) is 36.8. The molecule has 1 atom stereocenters. The van der Waals surface area contributed by atoms with E-state index in [1.54, 1.807) is 35.4 Å². The summed E-state index contributed by atoms with van der Waals surface area (Å²) in [5.74, 6) is -0.0639. The van der Waals surface area contributed by atoms with Gasteiger partial charge in [-0.25, -0.2) is 9.97 Å². The van der Waals surface area contributed by atoms with Gasteiger partial charge in [-0.3, -0.25) is 14.2 Å². The van der Waals surface area contributed by atoms with Gasteiger partial charge >= 0.3 is 5.97 Å². The van der Waals surface area contributed by atoms with Crippen molar-refractivity contribution in [1.29, 1.82) is 0 Å². The van der Waals surface area contributed by atoms with Crippen LogP contribution < -0.4 is 10.6 Å². The fraction of sp³-hybridized carbons (Fsp3) is 0.375. The molecule has 1 aliphatic rings. The number of benzene rings is 1. The molecule has 0 bridgehead atoms. The van der Waals surface area contributed by atoms with E-state index >= 15 is 0 Å². The van der Waals surface area contributed by atoms with Gasteiger partial charge < -0.3 is 20.5 Å². The zero-order valence-corrected chi connectivity index (χ0v) is 20.1. The van der Waals surface area contributed by atoms with Crippen LogP contribution in [0.4, 0.5) is 5.95 Å². The van der Waals surface area contributed by atoms with Crippen LogP contribution in [0.2, 0.25) is 5.02 Å². The molecule has 11 heteroatoms. The third-order valence-corrected chi connectivity index (χ3v) is 6.09. The van der Waals surface area contributed by atoms with E-state index in [0.717, 1.165) is 29.7 Å². The Morgan fingerprint density at radius 3 is 2.94 bits per heavy atom. The van der Waals surface area contributed by atoms with Crippen LogP contribution in [0.25, 0.3) is 5.82 Å². The molecule has 1 aliphatic heterocycles. The average Bonchev–Trinajstić information content (AvgIpc) is 3.52. The lowest BCUT2D eigenvalue weighted by Gasteiger charge is -2.12. The smallest absolute Gasteiger partial charge is 0.303 e.